The van der Waals surface area contributed by atoms with Gasteiger partial charge in [0.15, 0.2) is 0 Å². The first-order valence-electron chi connectivity index (χ1n) is 5.04. The van der Waals surface area contributed by atoms with Gasteiger partial charge in [0.2, 0.25) is 5.91 Å². The van der Waals surface area contributed by atoms with Crippen LogP contribution in [0.15, 0.2) is 18.3 Å². The molecule has 0 radical (unpaired) electrons. The van der Waals surface area contributed by atoms with Gasteiger partial charge >= 0.3 is 0 Å². The van der Waals surface area contributed by atoms with Crippen molar-refractivity contribution in [3.63, 3.8) is 0 Å². The average molecular weight is 239 g/mol. The Morgan fingerprint density at radius 3 is 2.94 bits per heavy atom. The molecule has 1 atom stereocenters. The third-order valence-corrected chi connectivity index (χ3v) is 2.74. The molecule has 0 bridgehead atoms. The van der Waals surface area contributed by atoms with Crippen LogP contribution in [0.5, 0.6) is 0 Å². The Morgan fingerprint density at radius 2 is 2.38 bits per heavy atom. The van der Waals surface area contributed by atoms with Crippen molar-refractivity contribution in [2.75, 3.05) is 6.54 Å². The van der Waals surface area contributed by atoms with Crippen LogP contribution in [0.25, 0.3) is 0 Å². The fourth-order valence-corrected chi connectivity index (χ4v) is 1.95. The van der Waals surface area contributed by atoms with Crippen LogP contribution in [-0.4, -0.2) is 28.2 Å². The molecule has 1 fully saturated rings. The zero-order valence-corrected chi connectivity index (χ0v) is 9.57. The second-order valence-electron chi connectivity index (χ2n) is 3.99. The molecule has 2 amide bonds. The van der Waals surface area contributed by atoms with Crippen molar-refractivity contribution in [2.45, 2.75) is 13.3 Å². The van der Waals surface area contributed by atoms with Gasteiger partial charge in [-0.05, 0) is 18.1 Å². The summed E-state index contributed by atoms with van der Waals surface area (Å²) in [5, 5.41) is 0.255. The molecule has 0 aliphatic carbocycles. The maximum Gasteiger partial charge on any atom is 0.260 e. The van der Waals surface area contributed by atoms with Crippen LogP contribution >= 0.6 is 11.6 Å². The van der Waals surface area contributed by atoms with Crippen molar-refractivity contribution < 1.29 is 9.59 Å². The molecule has 1 saturated heterocycles. The predicted molar refractivity (Wildman–Crippen MR) is 59.1 cm³/mol. The Labute approximate surface area is 98.2 Å². The monoisotopic (exact) mass is 238 g/mol. The van der Waals surface area contributed by atoms with E-state index in [0.717, 1.165) is 0 Å². The van der Waals surface area contributed by atoms with Gasteiger partial charge in [-0.25, -0.2) is 4.98 Å². The number of nitrogens with zero attached hydrogens (tertiary/aromatic N) is 2. The van der Waals surface area contributed by atoms with Gasteiger partial charge in [-0.15, -0.1) is 0 Å². The van der Waals surface area contributed by atoms with E-state index in [9.17, 15) is 9.59 Å². The van der Waals surface area contributed by atoms with Gasteiger partial charge in [-0.3, -0.25) is 14.5 Å². The van der Waals surface area contributed by atoms with E-state index >= 15 is 0 Å². The van der Waals surface area contributed by atoms with Crippen LogP contribution in [0.3, 0.4) is 0 Å². The molecular formula is C11H11ClN2O2. The SMILES string of the molecule is CC1CC(=O)N(C(=O)c2ccnc(Cl)c2)C1. The van der Waals surface area contributed by atoms with Crippen molar-refractivity contribution in [3.8, 4) is 0 Å². The highest BCUT2D eigenvalue weighted by molar-refractivity contribution is 6.29. The van der Waals surface area contributed by atoms with Crippen LogP contribution < -0.4 is 0 Å². The van der Waals surface area contributed by atoms with Crippen LogP contribution in [0.2, 0.25) is 5.15 Å². The van der Waals surface area contributed by atoms with Gasteiger partial charge in [-0.1, -0.05) is 18.5 Å². The van der Waals surface area contributed by atoms with Gasteiger partial charge in [0.1, 0.15) is 5.15 Å². The topological polar surface area (TPSA) is 50.3 Å². The predicted octanol–water partition coefficient (Wildman–Crippen LogP) is 1.74. The smallest absolute Gasteiger partial charge is 0.260 e. The van der Waals surface area contributed by atoms with Crippen molar-refractivity contribution in [3.05, 3.63) is 29.0 Å². The largest absolute Gasteiger partial charge is 0.278 e. The summed E-state index contributed by atoms with van der Waals surface area (Å²) in [4.78, 5) is 28.6. The van der Waals surface area contributed by atoms with Gasteiger partial charge in [-0.2, -0.15) is 0 Å². The number of imide groups is 1. The van der Waals surface area contributed by atoms with Crippen molar-refractivity contribution in [2.24, 2.45) is 5.92 Å². The summed E-state index contributed by atoms with van der Waals surface area (Å²) in [7, 11) is 0. The van der Waals surface area contributed by atoms with Crippen molar-refractivity contribution in [1.29, 1.82) is 0 Å². The summed E-state index contributed by atoms with van der Waals surface area (Å²) in [6.07, 6.45) is 1.89. The number of aromatic nitrogens is 1. The molecule has 16 heavy (non-hydrogen) atoms. The van der Waals surface area contributed by atoms with E-state index in [2.05, 4.69) is 4.98 Å². The lowest BCUT2D eigenvalue weighted by molar-refractivity contribution is -0.125. The summed E-state index contributed by atoms with van der Waals surface area (Å²) >= 11 is 5.69. The summed E-state index contributed by atoms with van der Waals surface area (Å²) in [6, 6.07) is 3.03. The number of carbonyl (C=O) groups is 2. The normalized spacial score (nSPS) is 20.2. The molecule has 4 nitrogen and oxygen atoms in total. The van der Waals surface area contributed by atoms with E-state index in [4.69, 9.17) is 11.6 Å². The van der Waals surface area contributed by atoms with Gasteiger partial charge < -0.3 is 0 Å². The number of likely N-dealkylation sites (tertiary alicyclic amines) is 1. The fourth-order valence-electron chi connectivity index (χ4n) is 1.77. The Morgan fingerprint density at radius 1 is 1.62 bits per heavy atom. The summed E-state index contributed by atoms with van der Waals surface area (Å²) in [6.45, 7) is 2.43. The Kier molecular flexibility index (Phi) is 2.92. The molecule has 1 unspecified atom stereocenters. The van der Waals surface area contributed by atoms with Crippen LogP contribution in [0.4, 0.5) is 0 Å². The molecule has 84 valence electrons. The van der Waals surface area contributed by atoms with Gasteiger partial charge in [0.25, 0.3) is 5.91 Å². The molecule has 2 rings (SSSR count). The maximum atomic E-state index is 12.0. The minimum atomic E-state index is -0.293. The molecule has 2 heterocycles. The maximum absolute atomic E-state index is 12.0. The van der Waals surface area contributed by atoms with Crippen LogP contribution in [0.1, 0.15) is 23.7 Å². The van der Waals surface area contributed by atoms with Crippen molar-refractivity contribution >= 4 is 23.4 Å². The molecule has 0 aromatic carbocycles. The number of hydrogen-bond acceptors (Lipinski definition) is 3. The van der Waals surface area contributed by atoms with E-state index in [1.807, 2.05) is 6.92 Å². The second kappa shape index (κ2) is 4.22. The highest BCUT2D eigenvalue weighted by atomic mass is 35.5. The molecule has 0 N–H and O–H groups in total. The first-order chi connectivity index (χ1) is 7.58. The Hall–Kier alpha value is -1.42. The van der Waals surface area contributed by atoms with E-state index < -0.39 is 0 Å². The van der Waals surface area contributed by atoms with Crippen LogP contribution in [-0.2, 0) is 4.79 Å². The van der Waals surface area contributed by atoms with E-state index in [0.29, 0.717) is 18.5 Å². The highest BCUT2D eigenvalue weighted by Gasteiger charge is 2.31. The lowest BCUT2D eigenvalue weighted by atomic mass is 10.2. The molecule has 0 spiro atoms. The second-order valence-corrected chi connectivity index (χ2v) is 4.37. The Balaban J connectivity index is 2.23. The van der Waals surface area contributed by atoms with E-state index in [-0.39, 0.29) is 22.9 Å². The van der Waals surface area contributed by atoms with Gasteiger partial charge in [0, 0.05) is 24.7 Å². The highest BCUT2D eigenvalue weighted by Crippen LogP contribution is 2.20. The number of carbonyl (C=O) groups excluding carboxylic acids is 2. The van der Waals surface area contributed by atoms with Crippen molar-refractivity contribution in [1.82, 2.24) is 9.88 Å². The van der Waals surface area contributed by atoms with Gasteiger partial charge in [0.05, 0.1) is 0 Å². The summed E-state index contributed by atoms with van der Waals surface area (Å²) < 4.78 is 0. The molecule has 1 aromatic rings. The standard InChI is InChI=1S/C11H11ClN2O2/c1-7-4-10(15)14(6-7)11(16)8-2-3-13-9(12)5-8/h2-3,5,7H,4,6H2,1H3. The number of rotatable bonds is 1. The minimum absolute atomic E-state index is 0.120. The number of amides is 2. The lowest BCUT2D eigenvalue weighted by Gasteiger charge is -2.13. The Bertz CT molecular complexity index is 447. The molecule has 5 heteroatoms. The number of halogens is 1. The zero-order valence-electron chi connectivity index (χ0n) is 8.81. The first-order valence-corrected chi connectivity index (χ1v) is 5.42. The van der Waals surface area contributed by atoms with E-state index in [1.165, 1.54) is 17.2 Å². The van der Waals surface area contributed by atoms with E-state index in [1.54, 1.807) is 6.07 Å². The third kappa shape index (κ3) is 2.07. The minimum Gasteiger partial charge on any atom is -0.278 e. The summed E-state index contributed by atoms with van der Waals surface area (Å²) in [5.74, 6) is -0.183. The number of hydrogen-bond donors (Lipinski definition) is 0. The lowest BCUT2D eigenvalue weighted by Crippen LogP contribution is -2.32. The number of pyridine rings is 1. The molecule has 1 aliphatic rings. The average Bonchev–Trinajstić information content (AvgIpc) is 2.57. The fraction of sp³-hybridized carbons (Fsp3) is 0.364. The quantitative estimate of drug-likeness (QED) is 0.553. The third-order valence-electron chi connectivity index (χ3n) is 2.54. The molecule has 1 aliphatic heterocycles. The zero-order chi connectivity index (χ0) is 11.7. The van der Waals surface area contributed by atoms with Crippen LogP contribution in [0, 0.1) is 5.92 Å². The summed E-state index contributed by atoms with van der Waals surface area (Å²) in [5.41, 5.74) is 0.405. The first kappa shape index (κ1) is 11.1. The molecular weight excluding hydrogens is 228 g/mol. The molecule has 1 aromatic heterocycles. The molecule has 0 saturated carbocycles.